The van der Waals surface area contributed by atoms with Crippen LogP contribution in [0.3, 0.4) is 0 Å². The molecule has 0 aliphatic rings. The van der Waals surface area contributed by atoms with E-state index >= 15 is 0 Å². The van der Waals surface area contributed by atoms with Gasteiger partial charge in [0.25, 0.3) is 0 Å². The Kier molecular flexibility index (Phi) is 4.64. The molecule has 0 saturated carbocycles. The molecule has 1 aromatic carbocycles. The highest BCUT2D eigenvalue weighted by Crippen LogP contribution is 2.20. The molecule has 3 N–H and O–H groups in total. The third-order valence-corrected chi connectivity index (χ3v) is 4.15. The van der Waals surface area contributed by atoms with Crippen molar-refractivity contribution >= 4 is 15.7 Å². The zero-order valence-corrected chi connectivity index (χ0v) is 11.0. The number of nitrogens with two attached hydrogens (primary N) is 1. The van der Waals surface area contributed by atoms with Gasteiger partial charge in [-0.1, -0.05) is 13.8 Å². The lowest BCUT2D eigenvalue weighted by Gasteiger charge is -2.15. The number of halogens is 2. The molecule has 1 rings (SSSR count). The molecule has 0 unspecified atom stereocenters. The van der Waals surface area contributed by atoms with Crippen molar-refractivity contribution in [2.24, 2.45) is 0 Å². The Morgan fingerprint density at radius 1 is 1.28 bits per heavy atom. The zero-order chi connectivity index (χ0) is 13.9. The van der Waals surface area contributed by atoms with Crippen molar-refractivity contribution in [3.8, 4) is 0 Å². The van der Waals surface area contributed by atoms with Gasteiger partial charge in [0.2, 0.25) is 10.0 Å². The van der Waals surface area contributed by atoms with Gasteiger partial charge in [-0.15, -0.1) is 0 Å². The van der Waals surface area contributed by atoms with Crippen molar-refractivity contribution < 1.29 is 17.2 Å². The third-order valence-electron chi connectivity index (χ3n) is 2.65. The van der Waals surface area contributed by atoms with E-state index in [-0.39, 0.29) is 10.9 Å². The van der Waals surface area contributed by atoms with E-state index in [1.165, 1.54) is 0 Å². The first kappa shape index (κ1) is 14.8. The topological polar surface area (TPSA) is 72.2 Å². The molecule has 4 nitrogen and oxygen atoms in total. The minimum atomic E-state index is -3.88. The van der Waals surface area contributed by atoms with E-state index in [9.17, 15) is 17.2 Å². The average Bonchev–Trinajstić information content (AvgIpc) is 2.32. The van der Waals surface area contributed by atoms with Crippen molar-refractivity contribution in [2.75, 3.05) is 5.73 Å². The van der Waals surface area contributed by atoms with Crippen molar-refractivity contribution in [2.45, 2.75) is 37.6 Å². The highest BCUT2D eigenvalue weighted by atomic mass is 32.2. The van der Waals surface area contributed by atoms with Gasteiger partial charge in [0.15, 0.2) is 11.6 Å². The Balaban J connectivity index is 3.13. The molecule has 0 fully saturated rings. The standard InChI is InChI=1S/C11H16F2N2O2S/c1-3-7(4-2)15-18(16,17)8-5-9(12)11(13)10(14)6-8/h5-7,15H,3-4,14H2,1-2H3. The first-order valence-corrected chi connectivity index (χ1v) is 7.07. The van der Waals surface area contributed by atoms with Crippen LogP contribution in [0.25, 0.3) is 0 Å². The number of nitrogens with one attached hydrogen (secondary N) is 1. The third kappa shape index (κ3) is 3.17. The molecule has 0 saturated heterocycles. The predicted molar refractivity (Wildman–Crippen MR) is 65.5 cm³/mol. The number of sulfonamides is 1. The normalized spacial score (nSPS) is 12.1. The van der Waals surface area contributed by atoms with E-state index in [0.29, 0.717) is 18.9 Å². The summed E-state index contributed by atoms with van der Waals surface area (Å²) < 4.78 is 52.4. The molecule has 0 spiro atoms. The van der Waals surface area contributed by atoms with Crippen LogP contribution in [0.1, 0.15) is 26.7 Å². The van der Waals surface area contributed by atoms with Crippen molar-refractivity contribution in [1.29, 1.82) is 0 Å². The van der Waals surface area contributed by atoms with Crippen LogP contribution in [-0.2, 0) is 10.0 Å². The molecule has 0 amide bonds. The number of anilines is 1. The summed E-state index contributed by atoms with van der Waals surface area (Å²) in [7, 11) is -3.88. The van der Waals surface area contributed by atoms with Gasteiger partial charge in [-0.2, -0.15) is 0 Å². The molecule has 0 bridgehead atoms. The Morgan fingerprint density at radius 3 is 2.28 bits per heavy atom. The van der Waals surface area contributed by atoms with Crippen molar-refractivity contribution in [1.82, 2.24) is 4.72 Å². The summed E-state index contributed by atoms with van der Waals surface area (Å²) in [4.78, 5) is -0.370. The van der Waals surface area contributed by atoms with E-state index in [4.69, 9.17) is 5.73 Å². The second kappa shape index (κ2) is 5.62. The van der Waals surface area contributed by atoms with Crippen LogP contribution in [0.4, 0.5) is 14.5 Å². The summed E-state index contributed by atoms with van der Waals surface area (Å²) in [6, 6.07) is 1.28. The molecule has 0 radical (unpaired) electrons. The van der Waals surface area contributed by atoms with Gasteiger partial charge >= 0.3 is 0 Å². The van der Waals surface area contributed by atoms with E-state index in [1.807, 2.05) is 13.8 Å². The lowest BCUT2D eigenvalue weighted by Crippen LogP contribution is -2.34. The molecule has 102 valence electrons. The molecular weight excluding hydrogens is 262 g/mol. The van der Waals surface area contributed by atoms with Gasteiger partial charge in [-0.05, 0) is 25.0 Å². The molecule has 7 heteroatoms. The smallest absolute Gasteiger partial charge is 0.241 e. The lowest BCUT2D eigenvalue weighted by molar-refractivity contribution is 0.505. The molecule has 18 heavy (non-hydrogen) atoms. The fourth-order valence-corrected chi connectivity index (χ4v) is 2.93. The first-order valence-electron chi connectivity index (χ1n) is 5.58. The highest BCUT2D eigenvalue weighted by molar-refractivity contribution is 7.89. The fourth-order valence-electron chi connectivity index (χ4n) is 1.48. The van der Waals surface area contributed by atoms with Crippen molar-refractivity contribution in [3.63, 3.8) is 0 Å². The summed E-state index contributed by atoms with van der Waals surface area (Å²) in [5.74, 6) is -2.52. The number of hydrogen-bond donors (Lipinski definition) is 2. The van der Waals surface area contributed by atoms with Crippen LogP contribution in [0.15, 0.2) is 17.0 Å². The summed E-state index contributed by atoms with van der Waals surface area (Å²) >= 11 is 0. The number of nitrogen functional groups attached to an aromatic ring is 1. The number of hydrogen-bond acceptors (Lipinski definition) is 3. The maximum atomic E-state index is 13.1. The lowest BCUT2D eigenvalue weighted by atomic mass is 10.2. The molecule has 0 atom stereocenters. The number of rotatable bonds is 5. The van der Waals surface area contributed by atoms with Crippen LogP contribution < -0.4 is 10.5 Å². The van der Waals surface area contributed by atoms with Gasteiger partial charge < -0.3 is 5.73 Å². The Bertz CT molecular complexity index is 505. The minimum absolute atomic E-state index is 0.246. The SMILES string of the molecule is CCC(CC)NS(=O)(=O)c1cc(N)c(F)c(F)c1. The van der Waals surface area contributed by atoms with Gasteiger partial charge in [0.05, 0.1) is 10.6 Å². The first-order chi connectivity index (χ1) is 8.31. The van der Waals surface area contributed by atoms with Crippen LogP contribution in [0.2, 0.25) is 0 Å². The summed E-state index contributed by atoms with van der Waals surface area (Å²) in [6.07, 6.45) is 1.21. The zero-order valence-electron chi connectivity index (χ0n) is 10.2. The monoisotopic (exact) mass is 278 g/mol. The van der Waals surface area contributed by atoms with Gasteiger partial charge in [-0.3, -0.25) is 0 Å². The van der Waals surface area contributed by atoms with Crippen LogP contribution in [0, 0.1) is 11.6 Å². The molecular formula is C11H16F2N2O2S. The Morgan fingerprint density at radius 2 is 1.83 bits per heavy atom. The van der Waals surface area contributed by atoms with Gasteiger partial charge in [0.1, 0.15) is 0 Å². The summed E-state index contributed by atoms with van der Waals surface area (Å²) in [6.45, 7) is 3.66. The quantitative estimate of drug-likeness (QED) is 0.809. The maximum Gasteiger partial charge on any atom is 0.241 e. The minimum Gasteiger partial charge on any atom is -0.396 e. The second-order valence-corrected chi connectivity index (χ2v) is 5.66. The summed E-state index contributed by atoms with van der Waals surface area (Å²) in [5, 5.41) is 0. The average molecular weight is 278 g/mol. The van der Waals surface area contributed by atoms with Crippen LogP contribution >= 0.6 is 0 Å². The molecule has 0 aromatic heterocycles. The van der Waals surface area contributed by atoms with Crippen LogP contribution in [-0.4, -0.2) is 14.5 Å². The van der Waals surface area contributed by atoms with Crippen LogP contribution in [0.5, 0.6) is 0 Å². The second-order valence-electron chi connectivity index (χ2n) is 3.94. The summed E-state index contributed by atoms with van der Waals surface area (Å²) in [5.41, 5.74) is 4.68. The van der Waals surface area contributed by atoms with E-state index in [2.05, 4.69) is 4.72 Å². The van der Waals surface area contributed by atoms with E-state index < -0.39 is 27.3 Å². The highest BCUT2D eigenvalue weighted by Gasteiger charge is 2.21. The van der Waals surface area contributed by atoms with E-state index in [1.54, 1.807) is 0 Å². The Labute approximate surface area is 105 Å². The maximum absolute atomic E-state index is 13.1. The Hall–Kier alpha value is -1.21. The molecule has 0 aliphatic heterocycles. The van der Waals surface area contributed by atoms with Gasteiger partial charge in [-0.25, -0.2) is 21.9 Å². The van der Waals surface area contributed by atoms with Crippen molar-refractivity contribution in [3.05, 3.63) is 23.8 Å². The predicted octanol–water partition coefficient (Wildman–Crippen LogP) is 2.01. The molecule has 0 aliphatic carbocycles. The van der Waals surface area contributed by atoms with E-state index in [0.717, 1.165) is 6.07 Å². The molecule has 0 heterocycles. The largest absolute Gasteiger partial charge is 0.396 e. The number of benzene rings is 1. The van der Waals surface area contributed by atoms with Gasteiger partial charge in [0, 0.05) is 6.04 Å². The fraction of sp³-hybridized carbons (Fsp3) is 0.455. The molecule has 1 aromatic rings.